The zero-order valence-electron chi connectivity index (χ0n) is 8.81. The minimum atomic E-state index is -3.39. The maximum atomic E-state index is 11.5. The van der Waals surface area contributed by atoms with Crippen LogP contribution in [0.2, 0.25) is 0 Å². The number of anilines is 1. The van der Waals surface area contributed by atoms with Crippen LogP contribution in [-0.4, -0.2) is 14.5 Å². The third kappa shape index (κ3) is 3.19. The molecule has 0 spiro atoms. The number of nitrogens with one attached hydrogen (secondary N) is 2. The largest absolute Gasteiger partial charge is 0.398 e. The number of hydrogen-bond donors (Lipinski definition) is 3. The Hall–Kier alpha value is -1.11. The van der Waals surface area contributed by atoms with Gasteiger partial charge in [0.2, 0.25) is 0 Å². The van der Waals surface area contributed by atoms with Crippen molar-refractivity contribution < 1.29 is 8.42 Å². The quantitative estimate of drug-likeness (QED) is 0.651. The molecule has 1 aromatic rings. The van der Waals surface area contributed by atoms with Gasteiger partial charge >= 0.3 is 0 Å². The second-order valence-corrected chi connectivity index (χ2v) is 5.45. The lowest BCUT2D eigenvalue weighted by Crippen LogP contribution is -2.37. The highest BCUT2D eigenvalue weighted by Crippen LogP contribution is 2.19. The van der Waals surface area contributed by atoms with E-state index in [9.17, 15) is 8.42 Å². The molecule has 1 fully saturated rings. The zero-order valence-corrected chi connectivity index (χ0v) is 9.63. The van der Waals surface area contributed by atoms with E-state index < -0.39 is 10.2 Å². The maximum Gasteiger partial charge on any atom is 0.277 e. The second-order valence-electron chi connectivity index (χ2n) is 3.92. The van der Waals surface area contributed by atoms with Gasteiger partial charge in [0, 0.05) is 18.3 Å². The van der Waals surface area contributed by atoms with E-state index in [4.69, 9.17) is 5.73 Å². The normalized spacial score (nSPS) is 16.2. The van der Waals surface area contributed by atoms with Crippen molar-refractivity contribution in [2.75, 3.05) is 5.73 Å². The SMILES string of the molecule is Nc1ccccc1CNS(=O)(=O)NC1CC1. The van der Waals surface area contributed by atoms with Gasteiger partial charge in [-0.25, -0.2) is 0 Å². The highest BCUT2D eigenvalue weighted by Gasteiger charge is 2.26. The number of rotatable bonds is 5. The van der Waals surface area contributed by atoms with Crippen molar-refractivity contribution in [2.45, 2.75) is 25.4 Å². The molecule has 5 nitrogen and oxygen atoms in total. The van der Waals surface area contributed by atoms with Crippen molar-refractivity contribution in [1.82, 2.24) is 9.44 Å². The Morgan fingerprint density at radius 2 is 2.00 bits per heavy atom. The van der Waals surface area contributed by atoms with Crippen LogP contribution in [0.4, 0.5) is 5.69 Å². The summed E-state index contributed by atoms with van der Waals surface area (Å²) in [4.78, 5) is 0. The molecule has 0 bridgehead atoms. The van der Waals surface area contributed by atoms with Crippen LogP contribution in [0.3, 0.4) is 0 Å². The molecule has 4 N–H and O–H groups in total. The fraction of sp³-hybridized carbons (Fsp3) is 0.400. The van der Waals surface area contributed by atoms with Gasteiger partial charge in [0.1, 0.15) is 0 Å². The highest BCUT2D eigenvalue weighted by atomic mass is 32.2. The molecule has 1 aromatic carbocycles. The van der Waals surface area contributed by atoms with Gasteiger partial charge < -0.3 is 5.73 Å². The topological polar surface area (TPSA) is 84.2 Å². The molecule has 0 amide bonds. The van der Waals surface area contributed by atoms with Crippen LogP contribution in [0.15, 0.2) is 24.3 Å². The first-order valence-electron chi connectivity index (χ1n) is 5.17. The first-order valence-corrected chi connectivity index (χ1v) is 6.65. The standard InChI is InChI=1S/C10H15N3O2S/c11-10-4-2-1-3-8(10)7-12-16(14,15)13-9-5-6-9/h1-4,9,12-13H,5-7,11H2. The van der Waals surface area contributed by atoms with Gasteiger partial charge in [-0.15, -0.1) is 0 Å². The molecule has 0 unspecified atom stereocenters. The summed E-state index contributed by atoms with van der Waals surface area (Å²) in [5.74, 6) is 0. The van der Waals surface area contributed by atoms with Crippen LogP contribution in [0.5, 0.6) is 0 Å². The van der Waals surface area contributed by atoms with Crippen molar-refractivity contribution in [3.63, 3.8) is 0 Å². The smallest absolute Gasteiger partial charge is 0.277 e. The third-order valence-corrected chi connectivity index (χ3v) is 3.57. The average molecular weight is 241 g/mol. The molecule has 88 valence electrons. The number of nitrogen functional groups attached to an aromatic ring is 1. The Bertz CT molecular complexity index is 469. The molecule has 0 atom stereocenters. The van der Waals surface area contributed by atoms with Crippen molar-refractivity contribution in [3.05, 3.63) is 29.8 Å². The number of para-hydroxylation sites is 1. The van der Waals surface area contributed by atoms with Gasteiger partial charge in [-0.1, -0.05) is 18.2 Å². The van der Waals surface area contributed by atoms with Crippen molar-refractivity contribution >= 4 is 15.9 Å². The van der Waals surface area contributed by atoms with E-state index in [1.54, 1.807) is 12.1 Å². The Morgan fingerprint density at radius 3 is 2.62 bits per heavy atom. The van der Waals surface area contributed by atoms with Gasteiger partial charge in [0.05, 0.1) is 0 Å². The summed E-state index contributed by atoms with van der Waals surface area (Å²) < 4.78 is 28.0. The van der Waals surface area contributed by atoms with E-state index in [1.807, 2.05) is 12.1 Å². The minimum absolute atomic E-state index is 0.116. The Labute approximate surface area is 95.2 Å². The van der Waals surface area contributed by atoms with Gasteiger partial charge in [-0.3, -0.25) is 0 Å². The van der Waals surface area contributed by atoms with Crippen molar-refractivity contribution in [1.29, 1.82) is 0 Å². The molecule has 2 rings (SSSR count). The van der Waals surface area contributed by atoms with Gasteiger partial charge in [-0.05, 0) is 24.5 Å². The molecule has 1 aliphatic carbocycles. The third-order valence-electron chi connectivity index (χ3n) is 2.41. The lowest BCUT2D eigenvalue weighted by atomic mass is 10.2. The summed E-state index contributed by atoms with van der Waals surface area (Å²) in [5.41, 5.74) is 7.08. The van der Waals surface area contributed by atoms with Crippen molar-refractivity contribution in [2.24, 2.45) is 0 Å². The highest BCUT2D eigenvalue weighted by molar-refractivity contribution is 7.87. The summed E-state index contributed by atoms with van der Waals surface area (Å²) in [5, 5.41) is 0. The molecular weight excluding hydrogens is 226 g/mol. The molecule has 0 radical (unpaired) electrons. The maximum absolute atomic E-state index is 11.5. The molecule has 6 heteroatoms. The molecule has 0 heterocycles. The Morgan fingerprint density at radius 1 is 1.31 bits per heavy atom. The molecule has 1 aliphatic rings. The molecule has 16 heavy (non-hydrogen) atoms. The first kappa shape index (κ1) is 11.4. The van der Waals surface area contributed by atoms with E-state index in [0.29, 0.717) is 5.69 Å². The van der Waals surface area contributed by atoms with E-state index in [-0.39, 0.29) is 12.6 Å². The van der Waals surface area contributed by atoms with Gasteiger partial charge in [0.25, 0.3) is 10.2 Å². The van der Waals surface area contributed by atoms with Crippen LogP contribution in [0.1, 0.15) is 18.4 Å². The van der Waals surface area contributed by atoms with Gasteiger partial charge in [-0.2, -0.15) is 17.9 Å². The second kappa shape index (κ2) is 4.40. The lowest BCUT2D eigenvalue weighted by Gasteiger charge is -2.08. The van der Waals surface area contributed by atoms with E-state index in [2.05, 4.69) is 9.44 Å². The number of nitrogens with two attached hydrogens (primary N) is 1. The predicted molar refractivity (Wildman–Crippen MR) is 62.8 cm³/mol. The van der Waals surface area contributed by atoms with Crippen molar-refractivity contribution in [3.8, 4) is 0 Å². The molecule has 0 saturated heterocycles. The van der Waals surface area contributed by atoms with Gasteiger partial charge in [0.15, 0.2) is 0 Å². The monoisotopic (exact) mass is 241 g/mol. The summed E-state index contributed by atoms with van der Waals surface area (Å²) in [7, 11) is -3.39. The number of benzene rings is 1. The van der Waals surface area contributed by atoms with Crippen LogP contribution >= 0.6 is 0 Å². The number of hydrogen-bond acceptors (Lipinski definition) is 3. The van der Waals surface area contributed by atoms with E-state index in [0.717, 1.165) is 18.4 Å². The first-order chi connectivity index (χ1) is 7.57. The molecule has 0 aromatic heterocycles. The summed E-state index contributed by atoms with van der Waals surface area (Å²) in [6, 6.07) is 7.31. The average Bonchev–Trinajstić information content (AvgIpc) is 3.00. The fourth-order valence-electron chi connectivity index (χ4n) is 1.33. The van der Waals surface area contributed by atoms with Crippen LogP contribution in [-0.2, 0) is 16.8 Å². The Kier molecular flexibility index (Phi) is 3.13. The summed E-state index contributed by atoms with van der Waals surface area (Å²) in [6.45, 7) is 0.217. The zero-order chi connectivity index (χ0) is 11.6. The summed E-state index contributed by atoms with van der Waals surface area (Å²) in [6.07, 6.45) is 1.85. The lowest BCUT2D eigenvalue weighted by molar-refractivity contribution is 0.565. The molecule has 1 saturated carbocycles. The predicted octanol–water partition coefficient (Wildman–Crippen LogP) is 0.355. The minimum Gasteiger partial charge on any atom is -0.398 e. The fourth-order valence-corrected chi connectivity index (χ4v) is 2.43. The Balaban J connectivity index is 1.93. The molecule has 0 aliphatic heterocycles. The van der Waals surface area contributed by atoms with Crippen LogP contribution in [0.25, 0.3) is 0 Å². The van der Waals surface area contributed by atoms with E-state index in [1.165, 1.54) is 0 Å². The van der Waals surface area contributed by atoms with E-state index >= 15 is 0 Å². The molecular formula is C10H15N3O2S. The summed E-state index contributed by atoms with van der Waals surface area (Å²) >= 11 is 0. The van der Waals surface area contributed by atoms with Crippen LogP contribution in [0, 0.1) is 0 Å². The van der Waals surface area contributed by atoms with Crippen LogP contribution < -0.4 is 15.2 Å².